The van der Waals surface area contributed by atoms with Crippen LogP contribution in [-0.4, -0.2) is 30.3 Å². The van der Waals surface area contributed by atoms with Crippen LogP contribution >= 0.6 is 11.8 Å². The monoisotopic (exact) mass is 213 g/mol. The fourth-order valence-electron chi connectivity index (χ4n) is 1.23. The van der Waals surface area contributed by atoms with Crippen molar-refractivity contribution < 1.29 is 13.2 Å². The lowest BCUT2D eigenvalue weighted by molar-refractivity contribution is -0.165. The number of hydrogen-bond donors (Lipinski definition) is 1. The van der Waals surface area contributed by atoms with Gasteiger partial charge in [0.1, 0.15) is 5.54 Å². The molecule has 1 aliphatic carbocycles. The van der Waals surface area contributed by atoms with Gasteiger partial charge in [0.2, 0.25) is 0 Å². The molecule has 5 heteroatoms. The van der Waals surface area contributed by atoms with Crippen LogP contribution in [0.4, 0.5) is 13.2 Å². The van der Waals surface area contributed by atoms with Crippen molar-refractivity contribution in [3.8, 4) is 0 Å². The Kier molecular flexibility index (Phi) is 3.51. The van der Waals surface area contributed by atoms with Crippen molar-refractivity contribution in [3.63, 3.8) is 0 Å². The molecular formula is C8H14F3NS. The van der Waals surface area contributed by atoms with Crippen molar-refractivity contribution in [2.75, 3.05) is 18.6 Å². The second-order valence-electron chi connectivity index (χ2n) is 3.35. The molecule has 1 saturated carbocycles. The first-order valence-electron chi connectivity index (χ1n) is 4.32. The van der Waals surface area contributed by atoms with Gasteiger partial charge < -0.3 is 5.32 Å². The highest BCUT2D eigenvalue weighted by atomic mass is 32.2. The molecular weight excluding hydrogens is 199 g/mol. The van der Waals surface area contributed by atoms with Crippen LogP contribution in [0.1, 0.15) is 19.3 Å². The van der Waals surface area contributed by atoms with E-state index < -0.39 is 11.7 Å². The van der Waals surface area contributed by atoms with Gasteiger partial charge >= 0.3 is 6.18 Å². The van der Waals surface area contributed by atoms with E-state index >= 15 is 0 Å². The standard InChI is InChI=1S/C8H14F3NS/c1-13-6-2-5-12-7(3-4-7)8(9,10)11/h12H,2-6H2,1H3. The minimum Gasteiger partial charge on any atom is -0.304 e. The van der Waals surface area contributed by atoms with Crippen LogP contribution in [0.15, 0.2) is 0 Å². The van der Waals surface area contributed by atoms with E-state index in [0.29, 0.717) is 6.54 Å². The number of alkyl halides is 3. The molecule has 78 valence electrons. The third-order valence-corrected chi connectivity index (χ3v) is 2.98. The van der Waals surface area contributed by atoms with Gasteiger partial charge in [0.05, 0.1) is 0 Å². The second-order valence-corrected chi connectivity index (χ2v) is 4.34. The van der Waals surface area contributed by atoms with Crippen LogP contribution in [0.5, 0.6) is 0 Å². The molecule has 0 bridgehead atoms. The molecule has 1 nitrogen and oxygen atoms in total. The third-order valence-electron chi connectivity index (χ3n) is 2.28. The van der Waals surface area contributed by atoms with E-state index in [0.717, 1.165) is 12.2 Å². The lowest BCUT2D eigenvalue weighted by Crippen LogP contribution is -2.45. The number of thioether (sulfide) groups is 1. The molecule has 0 amide bonds. The summed E-state index contributed by atoms with van der Waals surface area (Å²) >= 11 is 1.66. The van der Waals surface area contributed by atoms with Crippen molar-refractivity contribution in [2.24, 2.45) is 0 Å². The molecule has 0 saturated heterocycles. The average molecular weight is 213 g/mol. The molecule has 1 N–H and O–H groups in total. The molecule has 0 heterocycles. The van der Waals surface area contributed by atoms with E-state index in [1.807, 2.05) is 6.26 Å². The summed E-state index contributed by atoms with van der Waals surface area (Å²) in [7, 11) is 0. The van der Waals surface area contributed by atoms with Gasteiger partial charge in [0.15, 0.2) is 0 Å². The average Bonchev–Trinajstić information content (AvgIpc) is 2.77. The summed E-state index contributed by atoms with van der Waals surface area (Å²) < 4.78 is 37.0. The van der Waals surface area contributed by atoms with Gasteiger partial charge in [0, 0.05) is 0 Å². The van der Waals surface area contributed by atoms with Crippen molar-refractivity contribution in [1.82, 2.24) is 5.32 Å². The Labute approximate surface area is 80.5 Å². The van der Waals surface area contributed by atoms with Crippen molar-refractivity contribution in [1.29, 1.82) is 0 Å². The minimum absolute atomic E-state index is 0.246. The summed E-state index contributed by atoms with van der Waals surface area (Å²) in [5.74, 6) is 0.918. The van der Waals surface area contributed by atoms with Crippen LogP contribution in [0.3, 0.4) is 0 Å². The number of halogens is 3. The predicted molar refractivity (Wildman–Crippen MR) is 49.0 cm³/mol. The largest absolute Gasteiger partial charge is 0.406 e. The maximum atomic E-state index is 12.3. The van der Waals surface area contributed by atoms with Crippen LogP contribution in [0.25, 0.3) is 0 Å². The second kappa shape index (κ2) is 4.09. The van der Waals surface area contributed by atoms with Gasteiger partial charge in [-0.05, 0) is 37.8 Å². The SMILES string of the molecule is CSCCCNC1(C(F)(F)F)CC1. The van der Waals surface area contributed by atoms with Crippen LogP contribution in [0, 0.1) is 0 Å². The van der Waals surface area contributed by atoms with Gasteiger partial charge in [-0.15, -0.1) is 0 Å². The summed E-state index contributed by atoms with van der Waals surface area (Å²) in [4.78, 5) is 0. The van der Waals surface area contributed by atoms with E-state index in [4.69, 9.17) is 0 Å². The van der Waals surface area contributed by atoms with Crippen LogP contribution in [-0.2, 0) is 0 Å². The molecule has 1 rings (SSSR count). The molecule has 0 aromatic heterocycles. The van der Waals surface area contributed by atoms with E-state index in [-0.39, 0.29) is 12.8 Å². The predicted octanol–water partition coefficient (Wildman–Crippen LogP) is 2.42. The fourth-order valence-corrected chi connectivity index (χ4v) is 1.66. The third kappa shape index (κ3) is 2.77. The van der Waals surface area contributed by atoms with Gasteiger partial charge in [-0.2, -0.15) is 24.9 Å². The fraction of sp³-hybridized carbons (Fsp3) is 1.00. The van der Waals surface area contributed by atoms with Gasteiger partial charge in [-0.3, -0.25) is 0 Å². The zero-order chi connectivity index (χ0) is 9.95. The summed E-state index contributed by atoms with van der Waals surface area (Å²) in [6, 6.07) is 0. The summed E-state index contributed by atoms with van der Waals surface area (Å²) in [6.45, 7) is 0.473. The van der Waals surface area contributed by atoms with Gasteiger partial charge in [-0.1, -0.05) is 0 Å². The molecule has 0 aromatic carbocycles. The molecule has 0 radical (unpaired) electrons. The summed E-state index contributed by atoms with van der Waals surface area (Å²) in [5, 5.41) is 2.61. The highest BCUT2D eigenvalue weighted by Gasteiger charge is 2.62. The Morgan fingerprint density at radius 2 is 2.00 bits per heavy atom. The molecule has 13 heavy (non-hydrogen) atoms. The zero-order valence-corrected chi connectivity index (χ0v) is 8.39. The van der Waals surface area contributed by atoms with E-state index in [9.17, 15) is 13.2 Å². The lowest BCUT2D eigenvalue weighted by atomic mass is 10.2. The van der Waals surface area contributed by atoms with Crippen molar-refractivity contribution in [3.05, 3.63) is 0 Å². The van der Waals surface area contributed by atoms with E-state index in [2.05, 4.69) is 5.32 Å². The molecule has 0 aliphatic heterocycles. The zero-order valence-electron chi connectivity index (χ0n) is 7.58. The summed E-state index contributed by atoms with van der Waals surface area (Å²) in [6.07, 6.45) is -0.812. The minimum atomic E-state index is -4.06. The maximum Gasteiger partial charge on any atom is 0.406 e. The molecule has 1 aliphatic rings. The maximum absolute atomic E-state index is 12.3. The Hall–Kier alpha value is 0.100. The Bertz CT molecular complexity index is 165. The molecule has 0 aromatic rings. The van der Waals surface area contributed by atoms with Crippen LogP contribution in [0.2, 0.25) is 0 Å². The quantitative estimate of drug-likeness (QED) is 0.704. The van der Waals surface area contributed by atoms with Crippen molar-refractivity contribution in [2.45, 2.75) is 31.0 Å². The molecule has 0 atom stereocenters. The van der Waals surface area contributed by atoms with Crippen LogP contribution < -0.4 is 5.32 Å². The summed E-state index contributed by atoms with van der Waals surface area (Å²) in [5.41, 5.74) is -1.52. The highest BCUT2D eigenvalue weighted by Crippen LogP contribution is 2.48. The topological polar surface area (TPSA) is 12.0 Å². The molecule has 0 spiro atoms. The molecule has 1 fully saturated rings. The van der Waals surface area contributed by atoms with E-state index in [1.54, 1.807) is 11.8 Å². The van der Waals surface area contributed by atoms with Gasteiger partial charge in [0.25, 0.3) is 0 Å². The molecule has 0 unspecified atom stereocenters. The van der Waals surface area contributed by atoms with Crippen molar-refractivity contribution >= 4 is 11.8 Å². The Balaban J connectivity index is 2.21. The van der Waals surface area contributed by atoms with Gasteiger partial charge in [-0.25, -0.2) is 0 Å². The van der Waals surface area contributed by atoms with E-state index in [1.165, 1.54) is 0 Å². The number of nitrogens with one attached hydrogen (secondary N) is 1. The Morgan fingerprint density at radius 3 is 2.38 bits per heavy atom. The smallest absolute Gasteiger partial charge is 0.304 e. The normalized spacial score (nSPS) is 20.3. The highest BCUT2D eigenvalue weighted by molar-refractivity contribution is 7.98. The lowest BCUT2D eigenvalue weighted by Gasteiger charge is -2.20. The Morgan fingerprint density at radius 1 is 1.38 bits per heavy atom. The first kappa shape index (κ1) is 11.2. The number of hydrogen-bond acceptors (Lipinski definition) is 2. The first-order valence-corrected chi connectivity index (χ1v) is 5.72. The number of rotatable bonds is 5. The first-order chi connectivity index (χ1) is 6.02.